The van der Waals surface area contributed by atoms with Gasteiger partial charge in [0.15, 0.2) is 0 Å². The molecule has 19 heavy (non-hydrogen) atoms. The van der Waals surface area contributed by atoms with Gasteiger partial charge in [0.25, 0.3) is 0 Å². The van der Waals surface area contributed by atoms with E-state index in [9.17, 15) is 29.4 Å². The molecule has 0 bridgehead atoms. The van der Waals surface area contributed by atoms with Crippen molar-refractivity contribution in [1.82, 2.24) is 10.6 Å². The quantitative estimate of drug-likeness (QED) is 0.494. The Morgan fingerprint density at radius 1 is 0.895 bits per heavy atom. The maximum atomic E-state index is 10.4. The average molecular weight is 296 g/mol. The van der Waals surface area contributed by atoms with Crippen molar-refractivity contribution in [2.75, 3.05) is 0 Å². The summed E-state index contributed by atoms with van der Waals surface area (Å²) < 4.78 is 0. The molecule has 0 radical (unpaired) electrons. The molecule has 0 aromatic carbocycles. The van der Waals surface area contributed by atoms with Crippen molar-refractivity contribution in [2.24, 2.45) is 0 Å². The SMILES string of the molecule is O=C1CCC(C(=O)[O-])N1.O=C1CCC(C(=O)[O-])N1.[Ca+2]. The van der Waals surface area contributed by atoms with Gasteiger partial charge in [-0.15, -0.1) is 0 Å². The van der Waals surface area contributed by atoms with E-state index in [0.29, 0.717) is 25.7 Å². The summed E-state index contributed by atoms with van der Waals surface area (Å²) in [6, 6.07) is -1.50. The molecule has 2 atom stereocenters. The van der Waals surface area contributed by atoms with Crippen LogP contribution < -0.4 is 20.8 Å². The number of hydrogen-bond donors (Lipinski definition) is 2. The second-order valence-corrected chi connectivity index (χ2v) is 3.96. The Labute approximate surface area is 138 Å². The van der Waals surface area contributed by atoms with Gasteiger partial charge in [0.05, 0.1) is 24.0 Å². The molecule has 2 aliphatic rings. The maximum absolute atomic E-state index is 10.4. The van der Waals surface area contributed by atoms with Gasteiger partial charge in [-0.3, -0.25) is 9.59 Å². The van der Waals surface area contributed by atoms with E-state index in [1.807, 2.05) is 0 Å². The van der Waals surface area contributed by atoms with Gasteiger partial charge < -0.3 is 30.4 Å². The molecule has 0 aromatic heterocycles. The molecule has 2 unspecified atom stereocenters. The van der Waals surface area contributed by atoms with Gasteiger partial charge in [-0.05, 0) is 12.8 Å². The van der Waals surface area contributed by atoms with E-state index in [2.05, 4.69) is 10.6 Å². The van der Waals surface area contributed by atoms with Gasteiger partial charge >= 0.3 is 37.7 Å². The van der Waals surface area contributed by atoms with Crippen LogP contribution >= 0.6 is 0 Å². The first kappa shape index (κ1) is 18.1. The molecule has 9 heteroatoms. The van der Waals surface area contributed by atoms with Gasteiger partial charge in [-0.2, -0.15) is 0 Å². The third-order valence-electron chi connectivity index (χ3n) is 2.56. The van der Waals surface area contributed by atoms with Crippen LogP contribution in [-0.4, -0.2) is 73.6 Å². The third-order valence-corrected chi connectivity index (χ3v) is 2.56. The monoisotopic (exact) mass is 296 g/mol. The number of aliphatic carboxylic acids is 2. The van der Waals surface area contributed by atoms with Crippen molar-refractivity contribution < 1.29 is 29.4 Å². The Kier molecular flexibility index (Phi) is 7.96. The summed E-state index contributed by atoms with van der Waals surface area (Å²) >= 11 is 0. The number of rotatable bonds is 2. The second-order valence-electron chi connectivity index (χ2n) is 3.96. The van der Waals surface area contributed by atoms with Crippen LogP contribution in [0.25, 0.3) is 0 Å². The van der Waals surface area contributed by atoms with Crippen LogP contribution in [-0.2, 0) is 19.2 Å². The fourth-order valence-corrected chi connectivity index (χ4v) is 1.58. The van der Waals surface area contributed by atoms with E-state index in [4.69, 9.17) is 0 Å². The Balaban J connectivity index is 0.000000324. The number of hydrogen-bond acceptors (Lipinski definition) is 6. The summed E-state index contributed by atoms with van der Waals surface area (Å²) in [6.07, 6.45) is 1.33. The summed E-state index contributed by atoms with van der Waals surface area (Å²) in [6.45, 7) is 0. The first-order chi connectivity index (χ1) is 8.40. The molecule has 0 spiro atoms. The topological polar surface area (TPSA) is 138 Å². The summed E-state index contributed by atoms with van der Waals surface area (Å²) in [7, 11) is 0. The molecule has 0 aromatic rings. The molecule has 2 N–H and O–H groups in total. The van der Waals surface area contributed by atoms with Crippen LogP contribution in [0.3, 0.4) is 0 Å². The van der Waals surface area contributed by atoms with Crippen molar-refractivity contribution in [2.45, 2.75) is 37.8 Å². The third kappa shape index (κ3) is 6.22. The van der Waals surface area contributed by atoms with Gasteiger partial charge in [-0.1, -0.05) is 0 Å². The average Bonchev–Trinajstić information content (AvgIpc) is 2.88. The molecule has 8 nitrogen and oxygen atoms in total. The van der Waals surface area contributed by atoms with Gasteiger partial charge in [0, 0.05) is 12.8 Å². The van der Waals surface area contributed by atoms with Crippen LogP contribution in [0.15, 0.2) is 0 Å². The molecule has 2 amide bonds. The number of carbonyl (C=O) groups is 4. The molecule has 2 fully saturated rings. The Morgan fingerprint density at radius 3 is 1.32 bits per heavy atom. The normalized spacial score (nSPS) is 24.4. The minimum Gasteiger partial charge on any atom is -0.548 e. The molecule has 2 rings (SSSR count). The Hall–Kier alpha value is -0.860. The zero-order chi connectivity index (χ0) is 13.7. The zero-order valence-corrected chi connectivity index (χ0v) is 12.3. The molecule has 100 valence electrons. The molecule has 2 saturated heterocycles. The molecule has 2 aliphatic heterocycles. The predicted molar refractivity (Wildman–Crippen MR) is 58.1 cm³/mol. The molecule has 0 saturated carbocycles. The van der Waals surface area contributed by atoms with Crippen molar-refractivity contribution in [1.29, 1.82) is 0 Å². The minimum atomic E-state index is -1.19. The standard InChI is InChI=1S/2C5H7NO3.Ca/c2*7-4-2-1-3(6-4)5(8)9;/h2*3H,1-2H2,(H,6,7)(H,8,9);/q;;+2/p-2. The molecular weight excluding hydrogens is 284 g/mol. The van der Waals surface area contributed by atoms with Crippen LogP contribution in [0.2, 0.25) is 0 Å². The maximum Gasteiger partial charge on any atom is 2.00 e. The second kappa shape index (κ2) is 8.34. The van der Waals surface area contributed by atoms with Crippen molar-refractivity contribution >= 4 is 61.5 Å². The van der Waals surface area contributed by atoms with Gasteiger partial charge in [-0.25, -0.2) is 0 Å². The summed E-state index contributed by atoms with van der Waals surface area (Å²) in [5.74, 6) is -2.80. The van der Waals surface area contributed by atoms with Crippen molar-refractivity contribution in [3.63, 3.8) is 0 Å². The van der Waals surface area contributed by atoms with Gasteiger partial charge in [0.2, 0.25) is 11.8 Å². The van der Waals surface area contributed by atoms with Crippen molar-refractivity contribution in [3.05, 3.63) is 0 Å². The largest absolute Gasteiger partial charge is 2.00 e. The molecule has 0 aliphatic carbocycles. The first-order valence-corrected chi connectivity index (χ1v) is 5.40. The van der Waals surface area contributed by atoms with Crippen LogP contribution in [0.4, 0.5) is 0 Å². The Bertz CT molecular complexity index is 350. The molecule has 2 heterocycles. The smallest absolute Gasteiger partial charge is 0.548 e. The van der Waals surface area contributed by atoms with E-state index in [0.717, 1.165) is 0 Å². The van der Waals surface area contributed by atoms with E-state index >= 15 is 0 Å². The number of carboxylic acids is 2. The number of carboxylic acid groups (broad SMARTS) is 2. The summed E-state index contributed by atoms with van der Waals surface area (Å²) in [5, 5.41) is 24.5. The van der Waals surface area contributed by atoms with Crippen LogP contribution in [0, 0.1) is 0 Å². The van der Waals surface area contributed by atoms with Crippen LogP contribution in [0.5, 0.6) is 0 Å². The minimum absolute atomic E-state index is 0. The van der Waals surface area contributed by atoms with E-state index in [-0.39, 0.29) is 49.6 Å². The molecular formula is C10H12CaN2O6. The summed E-state index contributed by atoms with van der Waals surface area (Å²) in [4.78, 5) is 40.8. The van der Waals surface area contributed by atoms with E-state index in [1.54, 1.807) is 0 Å². The van der Waals surface area contributed by atoms with E-state index in [1.165, 1.54) is 0 Å². The fraction of sp³-hybridized carbons (Fsp3) is 0.600. The Morgan fingerprint density at radius 2 is 1.21 bits per heavy atom. The van der Waals surface area contributed by atoms with Gasteiger partial charge in [0.1, 0.15) is 0 Å². The van der Waals surface area contributed by atoms with Crippen molar-refractivity contribution in [3.8, 4) is 0 Å². The number of amides is 2. The van der Waals surface area contributed by atoms with Crippen LogP contribution in [0.1, 0.15) is 25.7 Å². The number of nitrogens with one attached hydrogen (secondary N) is 2. The zero-order valence-electron chi connectivity index (χ0n) is 10.1. The first-order valence-electron chi connectivity index (χ1n) is 5.40. The number of carbonyl (C=O) groups excluding carboxylic acids is 4. The van der Waals surface area contributed by atoms with E-state index < -0.39 is 24.0 Å². The summed E-state index contributed by atoms with van der Waals surface area (Å²) in [5.41, 5.74) is 0. The fourth-order valence-electron chi connectivity index (χ4n) is 1.58. The predicted octanol–water partition coefficient (Wildman–Crippen LogP) is -4.35.